The third kappa shape index (κ3) is 3.22. The number of halogens is 1. The molecule has 2 nitrogen and oxygen atoms in total. The van der Waals surface area contributed by atoms with Gasteiger partial charge in [0.2, 0.25) is 0 Å². The molecule has 2 aromatic carbocycles. The Morgan fingerprint density at radius 3 is 2.55 bits per heavy atom. The van der Waals surface area contributed by atoms with Crippen molar-refractivity contribution in [3.8, 4) is 0 Å². The molecule has 1 atom stereocenters. The van der Waals surface area contributed by atoms with Gasteiger partial charge in [-0.05, 0) is 50.6 Å². The molecule has 106 valence electrons. The number of aryl methyl sites for hydroxylation is 1. The summed E-state index contributed by atoms with van der Waals surface area (Å²) in [6.45, 7) is 6.86. The second kappa shape index (κ2) is 6.42. The summed E-state index contributed by atoms with van der Waals surface area (Å²) in [6.07, 6.45) is -0.489. The van der Waals surface area contributed by atoms with E-state index in [9.17, 15) is 5.11 Å². The van der Waals surface area contributed by atoms with Crippen molar-refractivity contribution in [2.45, 2.75) is 26.9 Å². The molecule has 20 heavy (non-hydrogen) atoms. The summed E-state index contributed by atoms with van der Waals surface area (Å²) in [4.78, 5) is 2.22. The summed E-state index contributed by atoms with van der Waals surface area (Å²) in [5.74, 6) is 0. The lowest BCUT2D eigenvalue weighted by Crippen LogP contribution is -2.18. The quantitative estimate of drug-likeness (QED) is 0.853. The fourth-order valence-electron chi connectivity index (χ4n) is 2.39. The van der Waals surface area contributed by atoms with Crippen LogP contribution >= 0.6 is 15.9 Å². The highest BCUT2D eigenvalue weighted by Gasteiger charge is 2.15. The molecule has 0 aromatic heterocycles. The van der Waals surface area contributed by atoms with E-state index in [1.54, 1.807) is 6.92 Å². The Balaban J connectivity index is 2.54. The number of aliphatic hydroxyl groups excluding tert-OH is 1. The minimum Gasteiger partial charge on any atom is -0.389 e. The number of aliphatic hydroxyl groups is 1. The molecule has 1 unspecified atom stereocenters. The van der Waals surface area contributed by atoms with E-state index in [2.05, 4.69) is 65.0 Å². The lowest BCUT2D eigenvalue weighted by molar-refractivity contribution is 0.199. The molecule has 0 bridgehead atoms. The first-order chi connectivity index (χ1) is 9.52. The van der Waals surface area contributed by atoms with Crippen molar-refractivity contribution in [2.75, 3.05) is 11.4 Å². The second-order valence-electron chi connectivity index (χ2n) is 4.96. The minimum absolute atomic E-state index is 0.489. The van der Waals surface area contributed by atoms with Crippen LogP contribution in [0.4, 0.5) is 11.4 Å². The molecular formula is C17H20BrNO. The van der Waals surface area contributed by atoms with Crippen molar-refractivity contribution >= 4 is 27.3 Å². The van der Waals surface area contributed by atoms with Crippen LogP contribution in [-0.2, 0) is 0 Å². The lowest BCUT2D eigenvalue weighted by Gasteiger charge is -2.27. The zero-order chi connectivity index (χ0) is 14.7. The number of hydrogen-bond donors (Lipinski definition) is 1. The molecule has 0 aliphatic rings. The molecule has 0 aliphatic heterocycles. The molecule has 2 aromatic rings. The van der Waals surface area contributed by atoms with Gasteiger partial charge in [-0.25, -0.2) is 0 Å². The molecule has 0 saturated carbocycles. The largest absolute Gasteiger partial charge is 0.389 e. The van der Waals surface area contributed by atoms with Gasteiger partial charge in [-0.3, -0.25) is 0 Å². The Kier molecular flexibility index (Phi) is 4.84. The number of nitrogens with zero attached hydrogens (tertiary/aromatic N) is 1. The maximum Gasteiger partial charge on any atom is 0.0782 e. The predicted octanol–water partition coefficient (Wildman–Crippen LogP) is 4.97. The van der Waals surface area contributed by atoms with Crippen molar-refractivity contribution in [3.63, 3.8) is 0 Å². The molecule has 2 rings (SSSR count). The summed E-state index contributed by atoms with van der Waals surface area (Å²) in [5.41, 5.74) is 4.36. The predicted molar refractivity (Wildman–Crippen MR) is 88.6 cm³/mol. The molecule has 3 heteroatoms. The van der Waals surface area contributed by atoms with Gasteiger partial charge in [0.25, 0.3) is 0 Å². The summed E-state index contributed by atoms with van der Waals surface area (Å²) in [6, 6.07) is 14.4. The minimum atomic E-state index is -0.489. The SMILES string of the molecule is CCN(c1cccc(C)c1)c1cc(Br)ccc1C(C)O. The van der Waals surface area contributed by atoms with Crippen LogP contribution in [0.25, 0.3) is 0 Å². The second-order valence-corrected chi connectivity index (χ2v) is 5.88. The number of benzene rings is 2. The van der Waals surface area contributed by atoms with Crippen molar-refractivity contribution < 1.29 is 5.11 Å². The Bertz CT molecular complexity index is 595. The summed E-state index contributed by atoms with van der Waals surface area (Å²) in [5, 5.41) is 10.00. The molecule has 0 heterocycles. The first-order valence-electron chi connectivity index (χ1n) is 6.84. The number of rotatable bonds is 4. The first-order valence-corrected chi connectivity index (χ1v) is 7.64. The summed E-state index contributed by atoms with van der Waals surface area (Å²) < 4.78 is 1.02. The van der Waals surface area contributed by atoms with Gasteiger partial charge >= 0.3 is 0 Å². The van der Waals surface area contributed by atoms with Crippen LogP contribution in [0.1, 0.15) is 31.1 Å². The van der Waals surface area contributed by atoms with E-state index >= 15 is 0 Å². The number of anilines is 2. The van der Waals surface area contributed by atoms with E-state index in [4.69, 9.17) is 0 Å². The van der Waals surface area contributed by atoms with Crippen LogP contribution in [0.2, 0.25) is 0 Å². The highest BCUT2D eigenvalue weighted by molar-refractivity contribution is 9.10. The van der Waals surface area contributed by atoms with Crippen molar-refractivity contribution in [1.29, 1.82) is 0 Å². The van der Waals surface area contributed by atoms with Crippen molar-refractivity contribution in [2.24, 2.45) is 0 Å². The molecule has 1 N–H and O–H groups in total. The first kappa shape index (κ1) is 15.1. The van der Waals surface area contributed by atoms with Gasteiger partial charge in [0.1, 0.15) is 0 Å². The third-order valence-electron chi connectivity index (χ3n) is 3.36. The van der Waals surface area contributed by atoms with Crippen molar-refractivity contribution in [1.82, 2.24) is 0 Å². The number of hydrogen-bond acceptors (Lipinski definition) is 2. The maximum atomic E-state index is 10.00. The van der Waals surface area contributed by atoms with Gasteiger partial charge in [0, 0.05) is 28.0 Å². The zero-order valence-corrected chi connectivity index (χ0v) is 13.7. The van der Waals surface area contributed by atoms with Crippen LogP contribution in [0.3, 0.4) is 0 Å². The maximum absolute atomic E-state index is 10.00. The van der Waals surface area contributed by atoms with Crippen molar-refractivity contribution in [3.05, 3.63) is 58.1 Å². The fraction of sp³-hybridized carbons (Fsp3) is 0.294. The Morgan fingerprint density at radius 2 is 1.95 bits per heavy atom. The molecular weight excluding hydrogens is 314 g/mol. The van der Waals surface area contributed by atoms with Gasteiger partial charge in [-0.2, -0.15) is 0 Å². The van der Waals surface area contributed by atoms with E-state index in [1.807, 2.05) is 12.1 Å². The Hall–Kier alpha value is -1.32. The van der Waals surface area contributed by atoms with E-state index in [1.165, 1.54) is 5.56 Å². The van der Waals surface area contributed by atoms with Crippen LogP contribution in [0, 0.1) is 6.92 Å². The average molecular weight is 334 g/mol. The normalized spacial score (nSPS) is 12.2. The highest BCUT2D eigenvalue weighted by Crippen LogP contribution is 2.34. The van der Waals surface area contributed by atoms with Crippen LogP contribution in [0.5, 0.6) is 0 Å². The van der Waals surface area contributed by atoms with Gasteiger partial charge < -0.3 is 10.0 Å². The van der Waals surface area contributed by atoms with E-state index in [-0.39, 0.29) is 0 Å². The molecule has 0 saturated heterocycles. The van der Waals surface area contributed by atoms with Crippen LogP contribution < -0.4 is 4.90 Å². The van der Waals surface area contributed by atoms with E-state index < -0.39 is 6.10 Å². The zero-order valence-electron chi connectivity index (χ0n) is 12.1. The Morgan fingerprint density at radius 1 is 1.20 bits per heavy atom. The average Bonchev–Trinajstić information content (AvgIpc) is 2.39. The molecule has 0 radical (unpaired) electrons. The Labute approximate surface area is 129 Å². The summed E-state index contributed by atoms with van der Waals surface area (Å²) >= 11 is 3.52. The summed E-state index contributed by atoms with van der Waals surface area (Å²) in [7, 11) is 0. The van der Waals surface area contributed by atoms with Gasteiger partial charge in [-0.15, -0.1) is 0 Å². The fourth-order valence-corrected chi connectivity index (χ4v) is 2.74. The monoisotopic (exact) mass is 333 g/mol. The van der Waals surface area contributed by atoms with E-state index in [0.29, 0.717) is 0 Å². The standard InChI is InChI=1S/C17H20BrNO/c1-4-19(15-7-5-6-12(2)10-15)17-11-14(18)8-9-16(17)13(3)20/h5-11,13,20H,4H2,1-3H3. The molecule has 0 amide bonds. The lowest BCUT2D eigenvalue weighted by atomic mass is 10.1. The van der Waals surface area contributed by atoms with Gasteiger partial charge in [0.05, 0.1) is 6.10 Å². The van der Waals surface area contributed by atoms with Gasteiger partial charge in [0.15, 0.2) is 0 Å². The topological polar surface area (TPSA) is 23.5 Å². The smallest absolute Gasteiger partial charge is 0.0782 e. The van der Waals surface area contributed by atoms with Gasteiger partial charge in [-0.1, -0.05) is 34.1 Å². The van der Waals surface area contributed by atoms with Crippen LogP contribution in [0.15, 0.2) is 46.9 Å². The van der Waals surface area contributed by atoms with E-state index in [0.717, 1.165) is 28.0 Å². The highest BCUT2D eigenvalue weighted by atomic mass is 79.9. The third-order valence-corrected chi connectivity index (χ3v) is 3.86. The molecule has 0 fully saturated rings. The molecule has 0 aliphatic carbocycles. The molecule has 0 spiro atoms. The van der Waals surface area contributed by atoms with Crippen LogP contribution in [-0.4, -0.2) is 11.7 Å².